The molecule has 0 radical (unpaired) electrons. The first-order chi connectivity index (χ1) is 19.7. The Morgan fingerprint density at radius 3 is 2.12 bits per heavy atom. The smallest absolute Gasteiger partial charge is 0.408 e. The van der Waals surface area contributed by atoms with E-state index in [4.69, 9.17) is 22.1 Å². The third-order valence-corrected chi connectivity index (χ3v) is 7.11. The Morgan fingerprint density at radius 2 is 1.57 bits per heavy atom. The fraction of sp³-hybridized carbons (Fsp3) is 0.500. The molecule has 2 atom stereocenters. The van der Waals surface area contributed by atoms with Crippen LogP contribution in [0.25, 0.3) is 0 Å². The zero-order valence-corrected chi connectivity index (χ0v) is 26.6. The van der Waals surface area contributed by atoms with Crippen molar-refractivity contribution in [2.45, 2.75) is 98.3 Å². The molecule has 2 rings (SSSR count). The zero-order valence-electron chi connectivity index (χ0n) is 25.8. The quantitative estimate of drug-likeness (QED) is 0.238. The van der Waals surface area contributed by atoms with Gasteiger partial charge in [0.05, 0.1) is 10.7 Å². The standard InChI is InChI=1S/C32H45ClN4O5/c1-8-9-10-19-37(30(40)24(17-18-25(34)38)35-31(41)42-32(5,6)7)28(26-20(2)13-11-14-21(26)3)29(39)36-27-22(4)15-12-16-23(27)33/h11-16,24,28H,8-10,17-19H2,1-7H3,(H2,34,38)(H,35,41)(H,36,39). The Balaban J connectivity index is 2.66. The van der Waals surface area contributed by atoms with E-state index in [0.29, 0.717) is 22.7 Å². The molecule has 4 N–H and O–H groups in total. The van der Waals surface area contributed by atoms with Gasteiger partial charge in [-0.05, 0) is 82.7 Å². The molecule has 2 unspecified atom stereocenters. The molecule has 0 saturated heterocycles. The number of hydrogen-bond donors (Lipinski definition) is 3. The van der Waals surface area contributed by atoms with Crippen LogP contribution in [0.1, 0.15) is 88.1 Å². The van der Waals surface area contributed by atoms with Crippen LogP contribution in [-0.4, -0.2) is 46.9 Å². The summed E-state index contributed by atoms with van der Waals surface area (Å²) < 4.78 is 5.41. The van der Waals surface area contributed by atoms with Crippen molar-refractivity contribution in [3.8, 4) is 0 Å². The van der Waals surface area contributed by atoms with Crippen LogP contribution in [0.3, 0.4) is 0 Å². The van der Waals surface area contributed by atoms with E-state index in [0.717, 1.165) is 29.5 Å². The van der Waals surface area contributed by atoms with Crippen molar-refractivity contribution < 1.29 is 23.9 Å². The van der Waals surface area contributed by atoms with Gasteiger partial charge in [0.2, 0.25) is 11.8 Å². The maximum atomic E-state index is 14.4. The van der Waals surface area contributed by atoms with Crippen LogP contribution in [-0.2, 0) is 19.1 Å². The highest BCUT2D eigenvalue weighted by Crippen LogP contribution is 2.32. The van der Waals surface area contributed by atoms with Gasteiger partial charge in [-0.25, -0.2) is 4.79 Å². The van der Waals surface area contributed by atoms with E-state index in [2.05, 4.69) is 10.6 Å². The predicted molar refractivity (Wildman–Crippen MR) is 166 cm³/mol. The molecule has 0 spiro atoms. The number of anilines is 1. The number of unbranched alkanes of at least 4 members (excludes halogenated alkanes) is 2. The number of ether oxygens (including phenoxy) is 1. The van der Waals surface area contributed by atoms with Crippen LogP contribution in [0.4, 0.5) is 10.5 Å². The highest BCUT2D eigenvalue weighted by Gasteiger charge is 2.37. The van der Waals surface area contributed by atoms with Crippen LogP contribution in [0.5, 0.6) is 0 Å². The van der Waals surface area contributed by atoms with Gasteiger partial charge in [-0.15, -0.1) is 0 Å². The summed E-state index contributed by atoms with van der Waals surface area (Å²) in [4.78, 5) is 54.6. The number of para-hydroxylation sites is 1. The molecule has 10 heteroatoms. The maximum Gasteiger partial charge on any atom is 0.408 e. The van der Waals surface area contributed by atoms with Crippen LogP contribution < -0.4 is 16.4 Å². The summed E-state index contributed by atoms with van der Waals surface area (Å²) in [6, 6.07) is 8.78. The van der Waals surface area contributed by atoms with Crippen molar-refractivity contribution in [1.82, 2.24) is 10.2 Å². The first kappa shape index (κ1) is 34.6. The number of nitrogens with one attached hydrogen (secondary N) is 2. The lowest BCUT2D eigenvalue weighted by molar-refractivity contribution is -0.141. The van der Waals surface area contributed by atoms with Crippen LogP contribution in [0, 0.1) is 20.8 Å². The molecule has 0 aliphatic carbocycles. The second-order valence-electron chi connectivity index (χ2n) is 11.6. The van der Waals surface area contributed by atoms with E-state index < -0.39 is 41.5 Å². The average molecular weight is 601 g/mol. The Kier molecular flexibility index (Phi) is 12.8. The van der Waals surface area contributed by atoms with Crippen molar-refractivity contribution in [3.63, 3.8) is 0 Å². The van der Waals surface area contributed by atoms with Gasteiger partial charge in [0.25, 0.3) is 5.91 Å². The van der Waals surface area contributed by atoms with E-state index in [1.54, 1.807) is 32.9 Å². The molecule has 0 heterocycles. The number of alkyl carbamates (subject to hydrolysis) is 1. The topological polar surface area (TPSA) is 131 Å². The lowest BCUT2D eigenvalue weighted by Crippen LogP contribution is -2.53. The van der Waals surface area contributed by atoms with Crippen LogP contribution >= 0.6 is 11.6 Å². The molecule has 0 saturated carbocycles. The van der Waals surface area contributed by atoms with Gasteiger partial charge >= 0.3 is 6.09 Å². The van der Waals surface area contributed by atoms with Gasteiger partial charge in [0, 0.05) is 13.0 Å². The first-order valence-corrected chi connectivity index (χ1v) is 14.7. The molecule has 0 aliphatic rings. The SMILES string of the molecule is CCCCCN(C(=O)C(CCC(N)=O)NC(=O)OC(C)(C)C)C(C(=O)Nc1c(C)cccc1Cl)c1c(C)cccc1C. The molecule has 0 aliphatic heterocycles. The highest BCUT2D eigenvalue weighted by molar-refractivity contribution is 6.34. The van der Waals surface area contributed by atoms with Crippen LogP contribution in [0.2, 0.25) is 5.02 Å². The van der Waals surface area contributed by atoms with Gasteiger partial charge in [-0.2, -0.15) is 0 Å². The van der Waals surface area contributed by atoms with E-state index in [9.17, 15) is 19.2 Å². The number of nitrogens with two attached hydrogens (primary N) is 1. The molecule has 2 aromatic rings. The number of rotatable bonds is 13. The largest absolute Gasteiger partial charge is 0.444 e. The molecule has 2 aromatic carbocycles. The molecule has 42 heavy (non-hydrogen) atoms. The van der Waals surface area contributed by atoms with Gasteiger partial charge in [0.15, 0.2) is 0 Å². The van der Waals surface area contributed by atoms with E-state index in [1.807, 2.05) is 52.0 Å². The average Bonchev–Trinajstić information content (AvgIpc) is 2.88. The first-order valence-electron chi connectivity index (χ1n) is 14.4. The maximum absolute atomic E-state index is 14.4. The van der Waals surface area contributed by atoms with Gasteiger partial charge in [-0.1, -0.05) is 61.7 Å². The number of primary amides is 1. The third-order valence-electron chi connectivity index (χ3n) is 6.80. The third kappa shape index (κ3) is 10.0. The Labute approximate surface area is 254 Å². The van der Waals surface area contributed by atoms with Crippen LogP contribution in [0.15, 0.2) is 36.4 Å². The Bertz CT molecular complexity index is 1230. The highest BCUT2D eigenvalue weighted by atomic mass is 35.5. The van der Waals surface area contributed by atoms with Crippen molar-refractivity contribution >= 4 is 41.1 Å². The summed E-state index contributed by atoms with van der Waals surface area (Å²) in [5.74, 6) is -1.58. The summed E-state index contributed by atoms with van der Waals surface area (Å²) >= 11 is 6.46. The van der Waals surface area contributed by atoms with Crippen molar-refractivity contribution in [2.24, 2.45) is 5.73 Å². The molecular weight excluding hydrogens is 556 g/mol. The molecular formula is C32H45ClN4O5. The summed E-state index contributed by atoms with van der Waals surface area (Å²) in [7, 11) is 0. The number of halogens is 1. The van der Waals surface area contributed by atoms with E-state index in [1.165, 1.54) is 4.90 Å². The zero-order chi connectivity index (χ0) is 31.6. The van der Waals surface area contributed by atoms with Gasteiger partial charge in [-0.3, -0.25) is 14.4 Å². The number of nitrogens with zero attached hydrogens (tertiary/aromatic N) is 1. The summed E-state index contributed by atoms with van der Waals surface area (Å²) in [5.41, 5.74) is 8.16. The number of hydrogen-bond acceptors (Lipinski definition) is 5. The molecule has 9 nitrogen and oxygen atoms in total. The number of amides is 4. The summed E-state index contributed by atoms with van der Waals surface area (Å²) in [5, 5.41) is 5.97. The Morgan fingerprint density at radius 1 is 0.976 bits per heavy atom. The molecule has 0 aromatic heterocycles. The lowest BCUT2D eigenvalue weighted by atomic mass is 9.93. The Hall–Kier alpha value is -3.59. The minimum Gasteiger partial charge on any atom is -0.444 e. The van der Waals surface area contributed by atoms with Crippen molar-refractivity contribution in [1.29, 1.82) is 0 Å². The molecule has 4 amide bonds. The lowest BCUT2D eigenvalue weighted by Gasteiger charge is -2.36. The van der Waals surface area contributed by atoms with Crippen molar-refractivity contribution in [2.75, 3.05) is 11.9 Å². The normalized spacial score (nSPS) is 12.7. The predicted octanol–water partition coefficient (Wildman–Crippen LogP) is 6.12. The van der Waals surface area contributed by atoms with E-state index >= 15 is 0 Å². The number of carbonyl (C=O) groups is 4. The monoisotopic (exact) mass is 600 g/mol. The van der Waals surface area contributed by atoms with E-state index in [-0.39, 0.29) is 19.4 Å². The van der Waals surface area contributed by atoms with Gasteiger partial charge in [0.1, 0.15) is 17.7 Å². The molecule has 230 valence electrons. The minimum atomic E-state index is -1.16. The summed E-state index contributed by atoms with van der Waals surface area (Å²) in [6.45, 7) is 13.0. The second kappa shape index (κ2) is 15.6. The minimum absolute atomic E-state index is 0.0532. The fourth-order valence-corrected chi connectivity index (χ4v) is 5.03. The summed E-state index contributed by atoms with van der Waals surface area (Å²) in [6.07, 6.45) is 1.33. The second-order valence-corrected chi connectivity index (χ2v) is 12.0. The molecule has 0 bridgehead atoms. The van der Waals surface area contributed by atoms with Crippen molar-refractivity contribution in [3.05, 3.63) is 63.7 Å². The van der Waals surface area contributed by atoms with Gasteiger partial charge < -0.3 is 26.0 Å². The fourth-order valence-electron chi connectivity index (χ4n) is 4.76. The number of benzene rings is 2. The number of carbonyl (C=O) groups excluding carboxylic acids is 4. The number of aryl methyl sites for hydroxylation is 3. The molecule has 0 fully saturated rings.